The van der Waals surface area contributed by atoms with Crippen LogP contribution in [0.2, 0.25) is 18.1 Å². The maximum atomic E-state index is 13.2. The lowest BCUT2D eigenvalue weighted by molar-refractivity contribution is -0.247. The summed E-state index contributed by atoms with van der Waals surface area (Å²) < 4.78 is 34.1. The fourth-order valence-corrected chi connectivity index (χ4v) is 8.14. The molecular formula is C38H47N3O8Si. The van der Waals surface area contributed by atoms with Crippen LogP contribution < -0.4 is 20.7 Å². The van der Waals surface area contributed by atoms with E-state index in [9.17, 15) is 9.59 Å². The van der Waals surface area contributed by atoms with Gasteiger partial charge in [0.2, 0.25) is 0 Å². The molecule has 1 aromatic heterocycles. The van der Waals surface area contributed by atoms with E-state index in [1.165, 1.54) is 16.8 Å². The quantitative estimate of drug-likeness (QED) is 0.152. The molecule has 6 rings (SSSR count). The molecule has 2 aliphatic heterocycles. The average Bonchev–Trinajstić information content (AvgIpc) is 3.56. The number of H-pyrrole nitrogens is 1. The van der Waals surface area contributed by atoms with E-state index in [2.05, 4.69) is 38.8 Å². The highest BCUT2D eigenvalue weighted by Crippen LogP contribution is 2.52. The van der Waals surface area contributed by atoms with Gasteiger partial charge in [-0.1, -0.05) is 75.4 Å². The van der Waals surface area contributed by atoms with Crippen molar-refractivity contribution in [3.05, 3.63) is 129 Å². The Kier molecular flexibility index (Phi) is 9.72. The van der Waals surface area contributed by atoms with Crippen molar-refractivity contribution in [3.63, 3.8) is 0 Å². The van der Waals surface area contributed by atoms with Crippen LogP contribution in [0.1, 0.15) is 43.7 Å². The Morgan fingerprint density at radius 2 is 1.40 bits per heavy atom. The van der Waals surface area contributed by atoms with Crippen LogP contribution in [0.25, 0.3) is 0 Å². The first-order valence-electron chi connectivity index (χ1n) is 16.7. The summed E-state index contributed by atoms with van der Waals surface area (Å²) in [4.78, 5) is 33.6. The number of hydrogen-bond donors (Lipinski definition) is 1. The first kappa shape index (κ1) is 35.8. The van der Waals surface area contributed by atoms with Gasteiger partial charge in [0.15, 0.2) is 14.5 Å². The Hall–Kier alpha value is -4.04. The predicted octanol–water partition coefficient (Wildman–Crippen LogP) is 5.47. The molecule has 1 N–H and O–H groups in total. The molecule has 2 bridgehead atoms. The van der Waals surface area contributed by atoms with Gasteiger partial charge < -0.3 is 28.2 Å². The molecule has 0 saturated carbocycles. The number of aromatic nitrogens is 2. The van der Waals surface area contributed by atoms with Gasteiger partial charge in [0.25, 0.3) is 5.56 Å². The van der Waals surface area contributed by atoms with Gasteiger partial charge in [-0.2, -0.15) is 5.06 Å². The number of aromatic amines is 1. The predicted molar refractivity (Wildman–Crippen MR) is 192 cm³/mol. The SMILES string of the molecule is COc1ccc(C(OC[C@@]23CN(OC)[C@@H]([C@H](n4ccc(=O)[nH]c4=O)O2)[C@@H]3O[Si](C)(C)C(C)(C)C)(c2ccccc2)c2ccc(OC)cc2)cc1. The lowest BCUT2D eigenvalue weighted by atomic mass is 9.79. The fourth-order valence-electron chi connectivity index (χ4n) is 6.80. The van der Waals surface area contributed by atoms with Crippen LogP contribution in [0.4, 0.5) is 0 Å². The summed E-state index contributed by atoms with van der Waals surface area (Å²) in [6.45, 7) is 11.3. The molecule has 0 spiro atoms. The third kappa shape index (κ3) is 6.25. The topological polar surface area (TPSA) is 113 Å². The largest absolute Gasteiger partial charge is 0.497 e. The Morgan fingerprint density at radius 1 is 0.840 bits per heavy atom. The van der Waals surface area contributed by atoms with Crippen molar-refractivity contribution in [1.29, 1.82) is 0 Å². The molecule has 0 unspecified atom stereocenters. The number of rotatable bonds is 12. The molecule has 3 heterocycles. The molecule has 3 aromatic carbocycles. The van der Waals surface area contributed by atoms with Crippen molar-refractivity contribution in [1.82, 2.24) is 14.6 Å². The van der Waals surface area contributed by atoms with Gasteiger partial charge in [-0.05, 0) is 59.1 Å². The van der Waals surface area contributed by atoms with Crippen molar-refractivity contribution in [2.75, 3.05) is 34.5 Å². The van der Waals surface area contributed by atoms with E-state index in [4.69, 9.17) is 28.2 Å². The lowest BCUT2D eigenvalue weighted by Gasteiger charge is -2.43. The molecule has 2 aliphatic rings. The standard InChI is InChI=1S/C38H47N3O8Si/c1-36(2,3)50(7,8)49-33-32-34(40-23-22-31(42)39-35(40)43)48-37(33,24-41(32)46-6)25-47-38(26-12-10-9-11-13-26,27-14-18-29(44-4)19-15-27)28-16-20-30(45-5)21-17-28/h9-23,32-34H,24-25H2,1-8H3,(H,39,42,43)/t32-,33+,34-,37-/m1/s1. The first-order valence-corrected chi connectivity index (χ1v) is 19.7. The summed E-state index contributed by atoms with van der Waals surface area (Å²) in [6, 6.07) is 26.6. The van der Waals surface area contributed by atoms with Crippen LogP contribution in [0, 0.1) is 0 Å². The van der Waals surface area contributed by atoms with E-state index in [1.807, 2.05) is 83.9 Å². The second-order valence-electron chi connectivity index (χ2n) is 14.4. The Morgan fingerprint density at radius 3 is 1.90 bits per heavy atom. The van der Waals surface area contributed by atoms with E-state index < -0.39 is 49.1 Å². The molecule has 0 aliphatic carbocycles. The second kappa shape index (κ2) is 13.6. The summed E-state index contributed by atoms with van der Waals surface area (Å²) in [5.41, 5.74) is -0.634. The van der Waals surface area contributed by atoms with Crippen LogP contribution in [-0.2, 0) is 24.3 Å². The highest BCUT2D eigenvalue weighted by Gasteiger charge is 2.68. The van der Waals surface area contributed by atoms with E-state index in [-0.39, 0.29) is 11.6 Å². The van der Waals surface area contributed by atoms with Gasteiger partial charge in [-0.25, -0.2) is 4.79 Å². The van der Waals surface area contributed by atoms with E-state index in [0.717, 1.165) is 28.2 Å². The molecule has 0 radical (unpaired) electrons. The number of ether oxygens (including phenoxy) is 4. The van der Waals surface area contributed by atoms with Gasteiger partial charge in [0.1, 0.15) is 34.8 Å². The van der Waals surface area contributed by atoms with Crippen LogP contribution in [-0.4, -0.2) is 75.2 Å². The molecular weight excluding hydrogens is 655 g/mol. The number of methoxy groups -OCH3 is 2. The Labute approximate surface area is 293 Å². The minimum atomic E-state index is -2.43. The number of morpholine rings is 1. The van der Waals surface area contributed by atoms with Crippen LogP contribution >= 0.6 is 0 Å². The van der Waals surface area contributed by atoms with Crippen LogP contribution in [0.5, 0.6) is 11.5 Å². The van der Waals surface area contributed by atoms with Gasteiger partial charge in [0.05, 0.1) is 34.5 Å². The second-order valence-corrected chi connectivity index (χ2v) is 19.2. The number of nitrogens with one attached hydrogen (secondary N) is 1. The smallest absolute Gasteiger partial charge is 0.330 e. The van der Waals surface area contributed by atoms with E-state index >= 15 is 0 Å². The third-order valence-electron chi connectivity index (χ3n) is 10.5. The van der Waals surface area contributed by atoms with Gasteiger partial charge >= 0.3 is 5.69 Å². The fraction of sp³-hybridized carbons (Fsp3) is 0.421. The molecule has 266 valence electrons. The van der Waals surface area contributed by atoms with Crippen molar-refractivity contribution in [2.24, 2.45) is 0 Å². The van der Waals surface area contributed by atoms with Gasteiger partial charge in [0, 0.05) is 12.3 Å². The van der Waals surface area contributed by atoms with Crippen molar-refractivity contribution >= 4 is 8.32 Å². The Bertz CT molecular complexity index is 1840. The summed E-state index contributed by atoms with van der Waals surface area (Å²) >= 11 is 0. The average molecular weight is 702 g/mol. The van der Waals surface area contributed by atoms with E-state index in [1.54, 1.807) is 21.3 Å². The highest BCUT2D eigenvalue weighted by atomic mass is 28.4. The van der Waals surface area contributed by atoms with Crippen molar-refractivity contribution in [2.45, 2.75) is 68.5 Å². The lowest BCUT2D eigenvalue weighted by Crippen LogP contribution is -2.54. The molecule has 4 atom stereocenters. The zero-order valence-corrected chi connectivity index (χ0v) is 31.0. The normalized spacial score (nSPS) is 22.5. The molecule has 0 amide bonds. The van der Waals surface area contributed by atoms with Crippen molar-refractivity contribution < 1.29 is 28.2 Å². The summed E-state index contributed by atoms with van der Waals surface area (Å²) in [5.74, 6) is 1.43. The molecule has 2 fully saturated rings. The monoisotopic (exact) mass is 701 g/mol. The van der Waals surface area contributed by atoms with Gasteiger partial charge in [-0.3, -0.25) is 14.3 Å². The maximum absolute atomic E-state index is 13.2. The number of hydroxylamine groups is 2. The minimum Gasteiger partial charge on any atom is -0.497 e. The van der Waals surface area contributed by atoms with Crippen molar-refractivity contribution in [3.8, 4) is 11.5 Å². The number of nitrogens with zero attached hydrogens (tertiary/aromatic N) is 2. The first-order chi connectivity index (χ1) is 23.8. The number of fused-ring (bicyclic) bond motifs is 2. The maximum Gasteiger partial charge on any atom is 0.330 e. The zero-order chi connectivity index (χ0) is 35.9. The third-order valence-corrected chi connectivity index (χ3v) is 15.0. The Balaban J connectivity index is 1.53. The van der Waals surface area contributed by atoms with Gasteiger partial charge in [-0.15, -0.1) is 0 Å². The molecule has 50 heavy (non-hydrogen) atoms. The molecule has 11 nitrogen and oxygen atoms in total. The zero-order valence-electron chi connectivity index (χ0n) is 30.0. The van der Waals surface area contributed by atoms with Crippen LogP contribution in [0.15, 0.2) is 101 Å². The minimum absolute atomic E-state index is 0.0597. The highest BCUT2D eigenvalue weighted by molar-refractivity contribution is 6.74. The summed E-state index contributed by atoms with van der Waals surface area (Å²) in [6.07, 6.45) is 0.0771. The van der Waals surface area contributed by atoms with Crippen LogP contribution in [0.3, 0.4) is 0 Å². The molecule has 2 saturated heterocycles. The number of benzene rings is 3. The molecule has 4 aromatic rings. The van der Waals surface area contributed by atoms with E-state index in [0.29, 0.717) is 6.54 Å². The summed E-state index contributed by atoms with van der Waals surface area (Å²) in [5, 5.41) is 1.69. The molecule has 12 heteroatoms. The number of hydrogen-bond acceptors (Lipinski definition) is 9. The summed E-state index contributed by atoms with van der Waals surface area (Å²) in [7, 11) is 2.45.